The predicted molar refractivity (Wildman–Crippen MR) is 100 cm³/mol. The van der Waals surface area contributed by atoms with Gasteiger partial charge in [-0.15, -0.1) is 0 Å². The Hall–Kier alpha value is -1.79. The lowest BCUT2D eigenvalue weighted by molar-refractivity contribution is 0.157. The zero-order valence-electron chi connectivity index (χ0n) is 15.3. The number of hydrogen-bond acceptors (Lipinski definition) is 4. The van der Waals surface area contributed by atoms with Gasteiger partial charge < -0.3 is 20.5 Å². The zero-order chi connectivity index (χ0) is 18.1. The Labute approximate surface area is 150 Å². The molecule has 2 rings (SSSR count). The van der Waals surface area contributed by atoms with Crippen molar-refractivity contribution in [2.45, 2.75) is 51.7 Å². The summed E-state index contributed by atoms with van der Waals surface area (Å²) in [7, 11) is 0. The molecule has 0 radical (unpaired) electrons. The fourth-order valence-corrected chi connectivity index (χ4v) is 3.10. The van der Waals surface area contributed by atoms with E-state index in [0.717, 1.165) is 43.8 Å². The van der Waals surface area contributed by atoms with Gasteiger partial charge in [0.25, 0.3) is 0 Å². The quantitative estimate of drug-likeness (QED) is 0.599. The van der Waals surface area contributed by atoms with Gasteiger partial charge in [-0.3, -0.25) is 4.90 Å². The molecule has 2 amide bonds. The number of benzene rings is 1. The van der Waals surface area contributed by atoms with Crippen LogP contribution < -0.4 is 15.4 Å². The van der Waals surface area contributed by atoms with Crippen molar-refractivity contribution in [3.05, 3.63) is 24.3 Å². The second kappa shape index (κ2) is 10.3. The highest BCUT2D eigenvalue weighted by Crippen LogP contribution is 2.17. The summed E-state index contributed by atoms with van der Waals surface area (Å²) < 4.78 is 5.58. The normalized spacial score (nSPS) is 17.7. The van der Waals surface area contributed by atoms with Gasteiger partial charge in [0.15, 0.2) is 0 Å². The first kappa shape index (κ1) is 19.5. The van der Waals surface area contributed by atoms with E-state index in [1.54, 1.807) is 0 Å². The van der Waals surface area contributed by atoms with Crippen LogP contribution in [0.3, 0.4) is 0 Å². The molecule has 1 saturated heterocycles. The van der Waals surface area contributed by atoms with Crippen molar-refractivity contribution in [2.75, 3.05) is 31.6 Å². The lowest BCUT2D eigenvalue weighted by atomic mass is 10.2. The van der Waals surface area contributed by atoms with Crippen LogP contribution in [0.1, 0.15) is 39.5 Å². The van der Waals surface area contributed by atoms with Crippen molar-refractivity contribution in [1.29, 1.82) is 0 Å². The van der Waals surface area contributed by atoms with Crippen LogP contribution >= 0.6 is 0 Å². The van der Waals surface area contributed by atoms with Gasteiger partial charge in [0.1, 0.15) is 5.75 Å². The van der Waals surface area contributed by atoms with Crippen molar-refractivity contribution in [1.82, 2.24) is 10.2 Å². The highest BCUT2D eigenvalue weighted by Gasteiger charge is 2.22. The topological polar surface area (TPSA) is 73.8 Å². The van der Waals surface area contributed by atoms with Crippen molar-refractivity contribution in [3.63, 3.8) is 0 Å². The Morgan fingerprint density at radius 3 is 2.76 bits per heavy atom. The smallest absolute Gasteiger partial charge is 0.319 e. The lowest BCUT2D eigenvalue weighted by Gasteiger charge is -2.22. The molecular formula is C19H31N3O3. The van der Waals surface area contributed by atoms with Crippen LogP contribution in [0.25, 0.3) is 0 Å². The molecule has 0 bridgehead atoms. The Bertz CT molecular complexity index is 519. The monoisotopic (exact) mass is 349 g/mol. The number of unbranched alkanes of at least 4 members (excludes halogenated alkanes) is 1. The Balaban J connectivity index is 1.59. The number of aliphatic hydroxyl groups is 1. The minimum absolute atomic E-state index is 0.135. The van der Waals surface area contributed by atoms with E-state index >= 15 is 0 Å². The number of carbonyl (C=O) groups is 1. The maximum absolute atomic E-state index is 11.9. The molecule has 1 unspecified atom stereocenters. The Morgan fingerprint density at radius 1 is 1.32 bits per heavy atom. The third kappa shape index (κ3) is 6.92. The first-order valence-corrected chi connectivity index (χ1v) is 9.25. The number of urea groups is 1. The summed E-state index contributed by atoms with van der Waals surface area (Å²) in [5.74, 6) is 0.795. The molecule has 1 heterocycles. The molecular weight excluding hydrogens is 318 g/mol. The average Bonchev–Trinajstić information content (AvgIpc) is 3.03. The molecule has 1 aromatic carbocycles. The van der Waals surface area contributed by atoms with Crippen LogP contribution in [-0.2, 0) is 0 Å². The second-order valence-electron chi connectivity index (χ2n) is 6.79. The minimum Gasteiger partial charge on any atom is -0.491 e. The van der Waals surface area contributed by atoms with E-state index in [-0.39, 0.29) is 18.7 Å². The van der Waals surface area contributed by atoms with Gasteiger partial charge in [0.2, 0.25) is 0 Å². The second-order valence-corrected chi connectivity index (χ2v) is 6.79. The number of nitrogens with zero attached hydrogens (tertiary/aromatic N) is 1. The van der Waals surface area contributed by atoms with Gasteiger partial charge in [-0.1, -0.05) is 0 Å². The van der Waals surface area contributed by atoms with Crippen LogP contribution in [0.15, 0.2) is 24.3 Å². The number of hydrogen-bond donors (Lipinski definition) is 3. The van der Waals surface area contributed by atoms with Gasteiger partial charge in [-0.25, -0.2) is 4.79 Å². The minimum atomic E-state index is -0.188. The third-order valence-electron chi connectivity index (χ3n) is 4.35. The number of amides is 2. The molecule has 6 nitrogen and oxygen atoms in total. The van der Waals surface area contributed by atoms with Gasteiger partial charge in [0.05, 0.1) is 12.7 Å². The summed E-state index contributed by atoms with van der Waals surface area (Å²) in [5, 5.41) is 15.0. The highest BCUT2D eigenvalue weighted by molar-refractivity contribution is 5.89. The summed E-state index contributed by atoms with van der Waals surface area (Å²) in [5.41, 5.74) is 0.747. The first-order valence-electron chi connectivity index (χ1n) is 9.25. The van der Waals surface area contributed by atoms with Crippen molar-refractivity contribution < 1.29 is 14.6 Å². The van der Waals surface area contributed by atoms with Gasteiger partial charge in [0, 0.05) is 18.3 Å². The number of aliphatic hydroxyl groups excluding tert-OH is 1. The molecule has 6 heteroatoms. The molecule has 1 aliphatic heterocycles. The molecule has 1 fully saturated rings. The van der Waals surface area contributed by atoms with Crippen LogP contribution in [0, 0.1) is 0 Å². The highest BCUT2D eigenvalue weighted by atomic mass is 16.5. The number of carbonyl (C=O) groups excluding carboxylic acids is 1. The number of likely N-dealkylation sites (tertiary alicyclic amines) is 1. The molecule has 0 aromatic heterocycles. The molecule has 1 aromatic rings. The van der Waals surface area contributed by atoms with E-state index in [4.69, 9.17) is 4.74 Å². The zero-order valence-corrected chi connectivity index (χ0v) is 15.3. The van der Waals surface area contributed by atoms with E-state index in [0.29, 0.717) is 12.6 Å². The molecule has 140 valence electrons. The van der Waals surface area contributed by atoms with Crippen LogP contribution in [-0.4, -0.2) is 54.4 Å². The summed E-state index contributed by atoms with van der Waals surface area (Å²) in [4.78, 5) is 14.2. The van der Waals surface area contributed by atoms with Gasteiger partial charge in [-0.2, -0.15) is 0 Å². The number of ether oxygens (including phenoxy) is 1. The summed E-state index contributed by atoms with van der Waals surface area (Å²) >= 11 is 0. The Kier molecular flexibility index (Phi) is 8.01. The standard InChI is InChI=1S/C19H31N3O3/c1-15(2)25-18-9-7-16(8-10-18)21-19(24)20-11-3-4-12-22-13-5-6-17(22)14-23/h7-10,15,17,23H,3-6,11-14H2,1-2H3,(H2,20,21,24). The summed E-state index contributed by atoms with van der Waals surface area (Å²) in [6.45, 7) is 6.93. The number of nitrogens with one attached hydrogen (secondary N) is 2. The van der Waals surface area contributed by atoms with Crippen molar-refractivity contribution >= 4 is 11.7 Å². The fourth-order valence-electron chi connectivity index (χ4n) is 3.10. The summed E-state index contributed by atoms with van der Waals surface area (Å²) in [6.07, 6.45) is 4.36. The average molecular weight is 349 g/mol. The van der Waals surface area contributed by atoms with Crippen molar-refractivity contribution in [3.8, 4) is 5.75 Å². The van der Waals surface area contributed by atoms with E-state index in [9.17, 15) is 9.90 Å². The van der Waals surface area contributed by atoms with Crippen LogP contribution in [0.4, 0.5) is 10.5 Å². The fraction of sp³-hybridized carbons (Fsp3) is 0.632. The largest absolute Gasteiger partial charge is 0.491 e. The SMILES string of the molecule is CC(C)Oc1ccc(NC(=O)NCCCCN2CCCC2CO)cc1. The number of rotatable bonds is 9. The first-order chi connectivity index (χ1) is 12.1. The van der Waals surface area contributed by atoms with Crippen LogP contribution in [0.2, 0.25) is 0 Å². The third-order valence-corrected chi connectivity index (χ3v) is 4.35. The maximum Gasteiger partial charge on any atom is 0.319 e. The van der Waals surface area contributed by atoms with Crippen LogP contribution in [0.5, 0.6) is 5.75 Å². The van der Waals surface area contributed by atoms with Crippen molar-refractivity contribution in [2.24, 2.45) is 0 Å². The molecule has 1 aliphatic rings. The molecule has 0 spiro atoms. The molecule has 0 aliphatic carbocycles. The predicted octanol–water partition coefficient (Wildman–Crippen LogP) is 2.83. The maximum atomic E-state index is 11.9. The lowest BCUT2D eigenvalue weighted by Crippen LogP contribution is -2.34. The Morgan fingerprint density at radius 2 is 2.08 bits per heavy atom. The van der Waals surface area contributed by atoms with Gasteiger partial charge in [-0.05, 0) is 76.9 Å². The number of anilines is 1. The van der Waals surface area contributed by atoms with E-state index in [2.05, 4.69) is 15.5 Å². The molecule has 1 atom stereocenters. The molecule has 3 N–H and O–H groups in total. The van der Waals surface area contributed by atoms with E-state index in [1.165, 1.54) is 6.42 Å². The van der Waals surface area contributed by atoms with E-state index < -0.39 is 0 Å². The molecule has 25 heavy (non-hydrogen) atoms. The van der Waals surface area contributed by atoms with Gasteiger partial charge >= 0.3 is 6.03 Å². The van der Waals surface area contributed by atoms with E-state index in [1.807, 2.05) is 38.1 Å². The molecule has 0 saturated carbocycles. The summed E-state index contributed by atoms with van der Waals surface area (Å²) in [6, 6.07) is 7.51.